The summed E-state index contributed by atoms with van der Waals surface area (Å²) in [5, 5.41) is 4.82. The van der Waals surface area contributed by atoms with Crippen LogP contribution in [0.3, 0.4) is 0 Å². The maximum atomic E-state index is 7.23. The molecule has 0 amide bonds. The molecule has 0 fully saturated rings. The van der Waals surface area contributed by atoms with Crippen molar-refractivity contribution in [3.63, 3.8) is 0 Å². The number of rotatable bonds is 6. The van der Waals surface area contributed by atoms with Gasteiger partial charge in [-0.3, -0.25) is 16.3 Å². The van der Waals surface area contributed by atoms with Gasteiger partial charge in [0.15, 0.2) is 0 Å². The van der Waals surface area contributed by atoms with E-state index in [1.807, 2.05) is 18.2 Å². The van der Waals surface area contributed by atoms with E-state index in [2.05, 4.69) is 173 Å². The molecular weight excluding hydrogens is 879 g/mol. The number of nitrogens with zero attached hydrogens (tertiary/aromatic N) is 3. The summed E-state index contributed by atoms with van der Waals surface area (Å²) in [5.41, 5.74) is 13.1. The van der Waals surface area contributed by atoms with E-state index in [0.717, 1.165) is 55.9 Å². The summed E-state index contributed by atoms with van der Waals surface area (Å²) in [4.78, 5) is 9.39. The normalized spacial score (nSPS) is 11.8. The first-order valence-electron chi connectivity index (χ1n) is 19.6. The van der Waals surface area contributed by atoms with E-state index in [-0.39, 0.29) is 25.7 Å². The number of fused-ring (bicyclic) bond motifs is 2. The van der Waals surface area contributed by atoms with Crippen LogP contribution < -0.4 is 0 Å². The Morgan fingerprint density at radius 3 is 1.91 bits per heavy atom. The molecule has 0 aliphatic rings. The average molecular weight is 917 g/mol. The molecule has 56 heavy (non-hydrogen) atoms. The Kier molecular flexibility index (Phi) is 9.85. The zero-order valence-electron chi connectivity index (χ0n) is 33.1. The van der Waals surface area contributed by atoms with Crippen LogP contribution in [0.1, 0.15) is 9.68 Å². The van der Waals surface area contributed by atoms with Gasteiger partial charge in [-0.1, -0.05) is 161 Å². The maximum absolute atomic E-state index is 7.23. The third-order valence-electron chi connectivity index (χ3n) is 9.58. The predicted octanol–water partition coefficient (Wildman–Crippen LogP) is 13.6. The van der Waals surface area contributed by atoms with Gasteiger partial charge < -0.3 is 9.55 Å². The third kappa shape index (κ3) is 7.41. The second kappa shape index (κ2) is 16.6. The van der Waals surface area contributed by atoms with Crippen LogP contribution in [0.2, 0.25) is 0 Å². The third-order valence-corrected chi connectivity index (χ3v) is 10.4. The molecule has 0 bridgehead atoms. The summed E-state index contributed by atoms with van der Waals surface area (Å²) in [6.45, 7) is -2.09. The number of aromatic nitrogens is 3. The van der Waals surface area contributed by atoms with Gasteiger partial charge in [0.05, 0.1) is 22.5 Å². The molecule has 0 atom stereocenters. The van der Waals surface area contributed by atoms with Crippen molar-refractivity contribution in [2.45, 2.75) is 6.85 Å². The van der Waals surface area contributed by atoms with Crippen LogP contribution in [0.15, 0.2) is 194 Å². The van der Waals surface area contributed by atoms with Crippen LogP contribution >= 0.6 is 11.3 Å². The summed E-state index contributed by atoms with van der Waals surface area (Å²) in [6.07, 6.45) is 1.39. The number of benzene rings is 7. The summed E-state index contributed by atoms with van der Waals surface area (Å²) >= 11 is 1.65. The number of hydrogen-bond donors (Lipinski definition) is 0. The second-order valence-corrected chi connectivity index (χ2v) is 13.9. The molecule has 7 aromatic carbocycles. The van der Waals surface area contributed by atoms with Gasteiger partial charge in [-0.15, -0.1) is 47.3 Å². The van der Waals surface area contributed by atoms with Gasteiger partial charge in [-0.2, -0.15) is 0 Å². The van der Waals surface area contributed by atoms with Crippen molar-refractivity contribution in [2.75, 3.05) is 0 Å². The van der Waals surface area contributed by atoms with Gasteiger partial charge in [0.25, 0.3) is 0 Å². The molecule has 0 spiro atoms. The van der Waals surface area contributed by atoms with E-state index in [4.69, 9.17) is 9.10 Å². The number of thiophene rings is 1. The van der Waals surface area contributed by atoms with E-state index in [1.54, 1.807) is 29.5 Å². The zero-order valence-corrected chi connectivity index (χ0v) is 33.3. The van der Waals surface area contributed by atoms with Crippen LogP contribution in [-0.4, -0.2) is 14.5 Å². The Morgan fingerprint density at radius 1 is 0.607 bits per heavy atom. The number of imidazole rings is 1. The summed E-state index contributed by atoms with van der Waals surface area (Å²) in [6, 6.07) is 67.3. The Hall–Kier alpha value is -6.23. The van der Waals surface area contributed by atoms with Crippen molar-refractivity contribution >= 4 is 32.5 Å². The number of para-hydroxylation sites is 3. The molecule has 0 aliphatic heterocycles. The maximum Gasteiger partial charge on any atom is 0.0774 e. The molecule has 10 aromatic rings. The first-order chi connectivity index (χ1) is 28.4. The van der Waals surface area contributed by atoms with Gasteiger partial charge in [0.2, 0.25) is 0 Å². The van der Waals surface area contributed by atoms with Crippen LogP contribution in [0.4, 0.5) is 0 Å². The van der Waals surface area contributed by atoms with Crippen molar-refractivity contribution in [2.24, 2.45) is 0 Å². The van der Waals surface area contributed by atoms with Crippen molar-refractivity contribution in [1.82, 2.24) is 14.5 Å². The van der Waals surface area contributed by atoms with Crippen molar-refractivity contribution in [1.29, 1.82) is 0 Å². The van der Waals surface area contributed by atoms with Crippen molar-refractivity contribution in [3.05, 3.63) is 211 Å². The van der Waals surface area contributed by atoms with E-state index in [1.165, 1.54) is 33.2 Å². The zero-order chi connectivity index (χ0) is 39.5. The van der Waals surface area contributed by atoms with Gasteiger partial charge in [0.1, 0.15) is 0 Å². The van der Waals surface area contributed by atoms with E-state index >= 15 is 0 Å². The Bertz CT molecular complexity index is 2910. The molecule has 5 heteroatoms. The minimum Gasteiger partial charge on any atom is -0.332 e. The molecule has 3 heterocycles. The van der Waals surface area contributed by atoms with Gasteiger partial charge in [-0.05, 0) is 52.5 Å². The fourth-order valence-corrected chi connectivity index (χ4v) is 7.84. The molecule has 3 nitrogen and oxygen atoms in total. The topological polar surface area (TPSA) is 30.7 Å². The molecule has 0 N–H and O–H groups in total. The standard InChI is InChI=1S/C39H25N2S.C12H10N.Ir/c1-4-13-27(14-5-1)30-23-24-33-34(26-42-37(33)25-30)39-40-35-21-10-11-22-36(35)41(39)38-31(28-15-6-2-7-16-28)19-12-20-32(38)29-17-8-3-9-18-29;1-10-7-8-12(13-9-10)11-5-3-2-4-6-11;/h1-25H;2-5,7-9H,1H3;/q2*-1;/i;1D3;. The van der Waals surface area contributed by atoms with E-state index < -0.39 is 6.85 Å². The second-order valence-electron chi connectivity index (χ2n) is 13.1. The molecule has 1 radical (unpaired) electrons. The Labute approximate surface area is 349 Å². The van der Waals surface area contributed by atoms with E-state index in [0.29, 0.717) is 0 Å². The summed E-state index contributed by atoms with van der Waals surface area (Å²) < 4.78 is 25.2. The molecule has 3 aromatic heterocycles. The fraction of sp³-hybridized carbons (Fsp3) is 0.0196. The molecule has 10 rings (SSSR count). The van der Waals surface area contributed by atoms with Crippen LogP contribution in [0.25, 0.3) is 82.8 Å². The molecule has 271 valence electrons. The number of pyridine rings is 1. The van der Waals surface area contributed by atoms with Gasteiger partial charge in [-0.25, -0.2) is 0 Å². The molecule has 0 saturated carbocycles. The van der Waals surface area contributed by atoms with E-state index in [9.17, 15) is 0 Å². The monoisotopic (exact) mass is 917 g/mol. The van der Waals surface area contributed by atoms with Gasteiger partial charge in [0, 0.05) is 41.5 Å². The average Bonchev–Trinajstić information content (AvgIpc) is 3.88. The molecule has 0 saturated heterocycles. The largest absolute Gasteiger partial charge is 0.332 e. The smallest absolute Gasteiger partial charge is 0.0774 e. The first-order valence-corrected chi connectivity index (χ1v) is 18.9. The summed E-state index contributed by atoms with van der Waals surface area (Å²) in [7, 11) is 0. The number of hydrogen-bond acceptors (Lipinski definition) is 3. The van der Waals surface area contributed by atoms with Crippen LogP contribution in [0.5, 0.6) is 0 Å². The quantitative estimate of drug-likeness (QED) is 0.156. The number of aryl methyl sites for hydroxylation is 1. The summed E-state index contributed by atoms with van der Waals surface area (Å²) in [5.74, 6) is 0.899. The minimum absolute atomic E-state index is 0. The van der Waals surface area contributed by atoms with Crippen LogP contribution in [0, 0.1) is 18.3 Å². The first kappa shape index (κ1) is 33.1. The molecular formula is C51H35IrN3S-2. The molecule has 0 aliphatic carbocycles. The van der Waals surface area contributed by atoms with Crippen molar-refractivity contribution < 1.29 is 24.2 Å². The fourth-order valence-electron chi connectivity index (χ4n) is 6.96. The van der Waals surface area contributed by atoms with Crippen LogP contribution in [-0.2, 0) is 20.1 Å². The SMILES string of the molecule is [2H]C([2H])([2H])c1ccc(-c2[c-]cccc2)nc1.[Ir].[c-]1sc2cc(-c3ccccc3)ccc2c1-c1nc2ccccc2n1-c1c(-c2ccccc2)cccc1-c1ccccc1. The Morgan fingerprint density at radius 2 is 1.27 bits per heavy atom. The van der Waals surface area contributed by atoms with Crippen molar-refractivity contribution in [3.8, 4) is 61.7 Å². The predicted molar refractivity (Wildman–Crippen MR) is 230 cm³/mol. The molecule has 0 unspecified atom stereocenters. The van der Waals surface area contributed by atoms with Gasteiger partial charge >= 0.3 is 0 Å². The Balaban J connectivity index is 0.000000240. The minimum atomic E-state index is -2.09.